The van der Waals surface area contributed by atoms with Crippen LogP contribution in [0, 0.1) is 6.92 Å². The van der Waals surface area contributed by atoms with Gasteiger partial charge in [-0.05, 0) is 38.0 Å². The van der Waals surface area contributed by atoms with Crippen LogP contribution in [0.1, 0.15) is 25.8 Å². The highest BCUT2D eigenvalue weighted by Gasteiger charge is 2.09. The molecule has 0 bridgehead atoms. The zero-order valence-corrected chi connectivity index (χ0v) is 12.3. The first kappa shape index (κ1) is 15.1. The van der Waals surface area contributed by atoms with E-state index >= 15 is 0 Å². The molecule has 0 aliphatic carbocycles. The predicted molar refractivity (Wildman–Crippen MR) is 78.6 cm³/mol. The molecular weight excluding hydrogens is 272 g/mol. The van der Waals surface area contributed by atoms with Gasteiger partial charge in [-0.1, -0.05) is 6.92 Å². The van der Waals surface area contributed by atoms with Gasteiger partial charge in [0.25, 0.3) is 0 Å². The van der Waals surface area contributed by atoms with E-state index in [1.165, 1.54) is 6.07 Å². The second kappa shape index (κ2) is 6.43. The van der Waals surface area contributed by atoms with Crippen molar-refractivity contribution in [2.24, 2.45) is 0 Å². The molecule has 0 unspecified atom stereocenters. The Kier molecular flexibility index (Phi) is 4.62. The van der Waals surface area contributed by atoms with Gasteiger partial charge >= 0.3 is 11.6 Å². The largest absolute Gasteiger partial charge is 0.482 e. The lowest BCUT2D eigenvalue weighted by molar-refractivity contribution is -0.150. The minimum absolute atomic E-state index is 0.127. The van der Waals surface area contributed by atoms with Gasteiger partial charge in [0.15, 0.2) is 6.61 Å². The molecule has 1 heterocycles. The van der Waals surface area contributed by atoms with Gasteiger partial charge in [0, 0.05) is 17.5 Å². The smallest absolute Gasteiger partial charge is 0.344 e. The summed E-state index contributed by atoms with van der Waals surface area (Å²) in [4.78, 5) is 22.9. The van der Waals surface area contributed by atoms with Crippen LogP contribution in [0.3, 0.4) is 0 Å². The molecule has 1 aromatic heterocycles. The van der Waals surface area contributed by atoms with Gasteiger partial charge in [-0.2, -0.15) is 0 Å². The average Bonchev–Trinajstić information content (AvgIpc) is 2.44. The summed E-state index contributed by atoms with van der Waals surface area (Å²) < 4.78 is 15.6. The van der Waals surface area contributed by atoms with Crippen LogP contribution in [0.5, 0.6) is 5.75 Å². The number of carbonyl (C=O) groups is 1. The minimum atomic E-state index is -0.421. The van der Waals surface area contributed by atoms with E-state index in [1.54, 1.807) is 18.2 Å². The fourth-order valence-electron chi connectivity index (χ4n) is 1.88. The number of rotatable bonds is 5. The van der Waals surface area contributed by atoms with Gasteiger partial charge < -0.3 is 13.9 Å². The van der Waals surface area contributed by atoms with E-state index in [0.29, 0.717) is 11.3 Å². The topological polar surface area (TPSA) is 65.7 Å². The van der Waals surface area contributed by atoms with Gasteiger partial charge in [-0.25, -0.2) is 9.59 Å². The summed E-state index contributed by atoms with van der Waals surface area (Å²) in [5, 5.41) is 0.837. The summed E-state index contributed by atoms with van der Waals surface area (Å²) in [6, 6.07) is 6.56. The summed E-state index contributed by atoms with van der Waals surface area (Å²) in [5.41, 5.74) is 0.866. The zero-order valence-electron chi connectivity index (χ0n) is 12.3. The highest BCUT2D eigenvalue weighted by atomic mass is 16.6. The van der Waals surface area contributed by atoms with Crippen LogP contribution in [0.4, 0.5) is 0 Å². The molecule has 2 aromatic rings. The van der Waals surface area contributed by atoms with Crippen LogP contribution in [0.25, 0.3) is 11.0 Å². The molecular formula is C16H18O5. The van der Waals surface area contributed by atoms with Crippen molar-refractivity contribution in [3.05, 3.63) is 40.2 Å². The third kappa shape index (κ3) is 3.84. The van der Waals surface area contributed by atoms with Crippen molar-refractivity contribution in [2.75, 3.05) is 6.61 Å². The summed E-state index contributed by atoms with van der Waals surface area (Å²) in [6.45, 7) is 5.42. The Morgan fingerprint density at radius 3 is 2.81 bits per heavy atom. The van der Waals surface area contributed by atoms with E-state index in [9.17, 15) is 9.59 Å². The molecule has 0 spiro atoms. The molecule has 0 aliphatic rings. The SMILES string of the molecule is CC[C@@H](C)OC(=O)COc1ccc2c(C)cc(=O)oc2c1. The van der Waals surface area contributed by atoms with Crippen molar-refractivity contribution in [3.8, 4) is 5.75 Å². The van der Waals surface area contributed by atoms with Crippen molar-refractivity contribution >= 4 is 16.9 Å². The van der Waals surface area contributed by atoms with Gasteiger partial charge in [-0.3, -0.25) is 0 Å². The summed E-state index contributed by atoms with van der Waals surface area (Å²) >= 11 is 0. The number of esters is 1. The fourth-order valence-corrected chi connectivity index (χ4v) is 1.88. The Hall–Kier alpha value is -2.30. The van der Waals surface area contributed by atoms with Gasteiger partial charge in [0.05, 0.1) is 6.10 Å². The maximum Gasteiger partial charge on any atom is 0.344 e. The molecule has 0 saturated heterocycles. The molecule has 0 amide bonds. The minimum Gasteiger partial charge on any atom is -0.482 e. The van der Waals surface area contributed by atoms with Crippen LogP contribution >= 0.6 is 0 Å². The zero-order chi connectivity index (χ0) is 15.4. The van der Waals surface area contributed by atoms with Crippen LogP contribution in [-0.2, 0) is 9.53 Å². The maximum absolute atomic E-state index is 11.5. The van der Waals surface area contributed by atoms with E-state index in [0.717, 1.165) is 17.4 Å². The van der Waals surface area contributed by atoms with E-state index < -0.39 is 11.6 Å². The monoisotopic (exact) mass is 290 g/mol. The molecule has 1 aromatic carbocycles. The first-order valence-corrected chi connectivity index (χ1v) is 6.86. The Morgan fingerprint density at radius 1 is 1.33 bits per heavy atom. The Bertz CT molecular complexity index is 701. The Morgan fingerprint density at radius 2 is 2.10 bits per heavy atom. The van der Waals surface area contributed by atoms with E-state index in [2.05, 4.69) is 0 Å². The standard InChI is InChI=1S/C16H18O5/c1-4-11(3)20-16(18)9-19-12-5-6-13-10(2)7-15(17)21-14(13)8-12/h5-8,11H,4,9H2,1-3H3/t11-/m1/s1. The molecule has 0 fully saturated rings. The third-order valence-corrected chi connectivity index (χ3v) is 3.19. The lowest BCUT2D eigenvalue weighted by Gasteiger charge is -2.11. The van der Waals surface area contributed by atoms with Crippen molar-refractivity contribution in [1.82, 2.24) is 0 Å². The third-order valence-electron chi connectivity index (χ3n) is 3.19. The fraction of sp³-hybridized carbons (Fsp3) is 0.375. The molecule has 5 heteroatoms. The lowest BCUT2D eigenvalue weighted by atomic mass is 10.1. The summed E-state index contributed by atoms with van der Waals surface area (Å²) in [6.07, 6.45) is 0.630. The van der Waals surface area contributed by atoms with Crippen LogP contribution < -0.4 is 10.4 Å². The van der Waals surface area contributed by atoms with Crippen molar-refractivity contribution in [2.45, 2.75) is 33.3 Å². The second-order valence-electron chi connectivity index (χ2n) is 4.90. The first-order chi connectivity index (χ1) is 9.99. The maximum atomic E-state index is 11.5. The van der Waals surface area contributed by atoms with Gasteiger partial charge in [0.2, 0.25) is 0 Å². The predicted octanol–water partition coefficient (Wildman–Crippen LogP) is 2.82. The van der Waals surface area contributed by atoms with Crippen LogP contribution in [0.2, 0.25) is 0 Å². The van der Waals surface area contributed by atoms with Gasteiger partial charge in [0.1, 0.15) is 11.3 Å². The van der Waals surface area contributed by atoms with E-state index in [4.69, 9.17) is 13.9 Å². The van der Waals surface area contributed by atoms with Crippen molar-refractivity contribution < 1.29 is 18.7 Å². The number of fused-ring (bicyclic) bond motifs is 1. The Balaban J connectivity index is 2.10. The van der Waals surface area contributed by atoms with Crippen LogP contribution in [-0.4, -0.2) is 18.7 Å². The lowest BCUT2D eigenvalue weighted by Crippen LogP contribution is -2.20. The Labute approximate surface area is 122 Å². The van der Waals surface area contributed by atoms with E-state index in [1.807, 2.05) is 20.8 Å². The molecule has 2 rings (SSSR count). The summed E-state index contributed by atoms with van der Waals surface area (Å²) in [5.74, 6) is 0.0347. The molecule has 0 radical (unpaired) electrons. The van der Waals surface area contributed by atoms with Crippen molar-refractivity contribution in [1.29, 1.82) is 0 Å². The molecule has 0 saturated carbocycles. The number of ether oxygens (including phenoxy) is 2. The molecule has 0 N–H and O–H groups in total. The summed E-state index contributed by atoms with van der Waals surface area (Å²) in [7, 11) is 0. The molecule has 5 nitrogen and oxygen atoms in total. The second-order valence-corrected chi connectivity index (χ2v) is 4.90. The first-order valence-electron chi connectivity index (χ1n) is 6.86. The quantitative estimate of drug-likeness (QED) is 0.625. The number of hydrogen-bond donors (Lipinski definition) is 0. The van der Waals surface area contributed by atoms with Gasteiger partial charge in [-0.15, -0.1) is 0 Å². The molecule has 112 valence electrons. The normalized spacial score (nSPS) is 12.1. The number of benzene rings is 1. The molecule has 1 atom stereocenters. The number of carbonyl (C=O) groups excluding carboxylic acids is 1. The number of aryl methyl sites for hydroxylation is 1. The highest BCUT2D eigenvalue weighted by Crippen LogP contribution is 2.22. The van der Waals surface area contributed by atoms with E-state index in [-0.39, 0.29) is 12.7 Å². The molecule has 21 heavy (non-hydrogen) atoms. The highest BCUT2D eigenvalue weighted by molar-refractivity contribution is 5.81. The van der Waals surface area contributed by atoms with Crippen molar-refractivity contribution in [3.63, 3.8) is 0 Å². The average molecular weight is 290 g/mol. The van der Waals surface area contributed by atoms with Crippen LogP contribution in [0.15, 0.2) is 33.5 Å². The molecule has 0 aliphatic heterocycles. The number of hydrogen-bond acceptors (Lipinski definition) is 5.